The molecule has 2 fully saturated rings. The Bertz CT molecular complexity index is 1440. The Kier molecular flexibility index (Phi) is 4.57. The molecule has 4 aromatic rings. The van der Waals surface area contributed by atoms with Gasteiger partial charge in [-0.3, -0.25) is 9.59 Å². The number of rotatable bonds is 4. The number of hydrogen-bond donors (Lipinski definition) is 2. The molecule has 0 radical (unpaired) electrons. The van der Waals surface area contributed by atoms with Crippen LogP contribution in [-0.2, 0) is 9.53 Å². The average molecular weight is 446 g/mol. The number of carbonyl (C=O) groups is 1. The maximum Gasteiger partial charge on any atom is 0.276 e. The lowest BCUT2D eigenvalue weighted by atomic mass is 10.1. The van der Waals surface area contributed by atoms with E-state index >= 15 is 0 Å². The van der Waals surface area contributed by atoms with Gasteiger partial charge in [-0.15, -0.1) is 15.3 Å². The summed E-state index contributed by atoms with van der Waals surface area (Å²) < 4.78 is 7.16. The third-order valence-corrected chi connectivity index (χ3v) is 6.28. The summed E-state index contributed by atoms with van der Waals surface area (Å²) in [6.07, 6.45) is 4.38. The molecule has 4 aromatic heterocycles. The maximum absolute atomic E-state index is 12.3. The summed E-state index contributed by atoms with van der Waals surface area (Å²) in [4.78, 5) is 34.2. The Balaban J connectivity index is 1.39. The fourth-order valence-corrected chi connectivity index (χ4v) is 4.20. The number of anilines is 2. The normalized spacial score (nSPS) is 20.3. The Morgan fingerprint density at radius 3 is 2.85 bits per heavy atom. The minimum absolute atomic E-state index is 0.00177. The number of amides is 1. The van der Waals surface area contributed by atoms with Crippen molar-refractivity contribution in [2.24, 2.45) is 11.8 Å². The molecule has 168 valence electrons. The zero-order valence-corrected chi connectivity index (χ0v) is 18.0. The predicted molar refractivity (Wildman–Crippen MR) is 121 cm³/mol. The summed E-state index contributed by atoms with van der Waals surface area (Å²) in [6.45, 7) is 5.08. The van der Waals surface area contributed by atoms with Gasteiger partial charge >= 0.3 is 0 Å². The minimum Gasteiger partial charge on any atom is -0.378 e. The smallest absolute Gasteiger partial charge is 0.276 e. The molecule has 1 amide bonds. The number of aromatic nitrogens is 6. The van der Waals surface area contributed by atoms with Crippen molar-refractivity contribution in [3.8, 4) is 11.4 Å². The molecule has 2 atom stereocenters. The molecule has 0 bridgehead atoms. The number of ether oxygens (including phenoxy) is 1. The van der Waals surface area contributed by atoms with Gasteiger partial charge in [0.25, 0.3) is 5.56 Å². The van der Waals surface area contributed by atoms with Crippen molar-refractivity contribution in [2.45, 2.75) is 13.3 Å². The van der Waals surface area contributed by atoms with E-state index in [0.29, 0.717) is 47.4 Å². The Morgan fingerprint density at radius 2 is 2.06 bits per heavy atom. The minimum atomic E-state index is -0.367. The van der Waals surface area contributed by atoms with Crippen molar-refractivity contribution in [2.75, 3.05) is 36.5 Å². The van der Waals surface area contributed by atoms with Crippen molar-refractivity contribution in [1.82, 2.24) is 29.8 Å². The quantitative estimate of drug-likeness (QED) is 0.482. The summed E-state index contributed by atoms with van der Waals surface area (Å²) in [6, 6.07) is 5.59. The van der Waals surface area contributed by atoms with E-state index in [4.69, 9.17) is 4.74 Å². The largest absolute Gasteiger partial charge is 0.378 e. The molecule has 1 saturated carbocycles. The van der Waals surface area contributed by atoms with E-state index in [2.05, 4.69) is 35.5 Å². The Hall–Kier alpha value is -3.86. The lowest BCUT2D eigenvalue weighted by molar-refractivity contribution is -0.117. The number of hydrogen-bond acceptors (Lipinski definition) is 8. The van der Waals surface area contributed by atoms with Gasteiger partial charge < -0.3 is 19.9 Å². The van der Waals surface area contributed by atoms with Crippen molar-refractivity contribution < 1.29 is 9.53 Å². The van der Waals surface area contributed by atoms with Crippen LogP contribution in [0.25, 0.3) is 27.9 Å². The van der Waals surface area contributed by atoms with Gasteiger partial charge in [0.1, 0.15) is 0 Å². The fourth-order valence-electron chi connectivity index (χ4n) is 4.20. The van der Waals surface area contributed by atoms with Crippen LogP contribution in [0.2, 0.25) is 0 Å². The molecule has 11 nitrogen and oxygen atoms in total. The van der Waals surface area contributed by atoms with Gasteiger partial charge in [-0.05, 0) is 30.5 Å². The molecule has 11 heteroatoms. The molecule has 1 aliphatic heterocycles. The van der Waals surface area contributed by atoms with Crippen LogP contribution in [0.15, 0.2) is 35.4 Å². The lowest BCUT2D eigenvalue weighted by Crippen LogP contribution is -2.36. The van der Waals surface area contributed by atoms with Gasteiger partial charge in [0.2, 0.25) is 5.91 Å². The molecule has 33 heavy (non-hydrogen) atoms. The first kappa shape index (κ1) is 19.8. The summed E-state index contributed by atoms with van der Waals surface area (Å²) >= 11 is 0. The van der Waals surface area contributed by atoms with Gasteiger partial charge in [0, 0.05) is 36.2 Å². The van der Waals surface area contributed by atoms with Crippen LogP contribution in [-0.4, -0.2) is 62.0 Å². The number of pyridine rings is 2. The highest BCUT2D eigenvalue weighted by Gasteiger charge is 2.39. The second kappa shape index (κ2) is 7.62. The van der Waals surface area contributed by atoms with E-state index < -0.39 is 0 Å². The number of morpholine rings is 1. The number of H-pyrrole nitrogens is 1. The molecular weight excluding hydrogens is 424 g/mol. The van der Waals surface area contributed by atoms with Gasteiger partial charge in [0.15, 0.2) is 22.8 Å². The maximum atomic E-state index is 12.3. The van der Waals surface area contributed by atoms with Crippen molar-refractivity contribution in [3.63, 3.8) is 0 Å². The van der Waals surface area contributed by atoms with Crippen molar-refractivity contribution in [1.29, 1.82) is 0 Å². The van der Waals surface area contributed by atoms with Gasteiger partial charge in [-0.1, -0.05) is 6.92 Å². The molecule has 1 aliphatic carbocycles. The van der Waals surface area contributed by atoms with E-state index in [1.165, 1.54) is 0 Å². The summed E-state index contributed by atoms with van der Waals surface area (Å²) in [5, 5.41) is 16.1. The molecule has 5 heterocycles. The van der Waals surface area contributed by atoms with Crippen molar-refractivity contribution in [3.05, 3.63) is 40.9 Å². The van der Waals surface area contributed by atoms with Crippen LogP contribution in [0.3, 0.4) is 0 Å². The topological polar surface area (TPSA) is 130 Å². The molecule has 0 unspecified atom stereocenters. The number of nitrogens with one attached hydrogen (secondary N) is 2. The first-order chi connectivity index (χ1) is 16.1. The highest BCUT2D eigenvalue weighted by Crippen LogP contribution is 2.38. The summed E-state index contributed by atoms with van der Waals surface area (Å²) in [5.74, 6) is 1.04. The number of fused-ring (bicyclic) bond motifs is 2. The van der Waals surface area contributed by atoms with Crippen LogP contribution in [0.4, 0.5) is 11.5 Å². The zero-order valence-electron chi connectivity index (χ0n) is 18.0. The van der Waals surface area contributed by atoms with Gasteiger partial charge in [-0.2, -0.15) is 0 Å². The number of carbonyl (C=O) groups excluding carboxylic acids is 1. The van der Waals surface area contributed by atoms with E-state index in [-0.39, 0.29) is 22.9 Å². The lowest BCUT2D eigenvalue weighted by Gasteiger charge is -2.28. The highest BCUT2D eigenvalue weighted by atomic mass is 16.5. The fraction of sp³-hybridized carbons (Fsp3) is 0.364. The third kappa shape index (κ3) is 3.59. The number of aromatic amines is 1. The van der Waals surface area contributed by atoms with Crippen LogP contribution < -0.4 is 15.8 Å². The average Bonchev–Trinajstić information content (AvgIpc) is 3.42. The van der Waals surface area contributed by atoms with E-state index in [1.54, 1.807) is 16.8 Å². The number of nitrogens with zero attached hydrogens (tertiary/aromatic N) is 6. The van der Waals surface area contributed by atoms with Crippen LogP contribution in [0, 0.1) is 11.8 Å². The van der Waals surface area contributed by atoms with Crippen molar-refractivity contribution >= 4 is 34.0 Å². The van der Waals surface area contributed by atoms with Crippen LogP contribution in [0.5, 0.6) is 0 Å². The molecule has 0 spiro atoms. The molecule has 1 saturated heterocycles. The second-order valence-electron chi connectivity index (χ2n) is 8.56. The predicted octanol–water partition coefficient (Wildman–Crippen LogP) is 1.46. The molecule has 0 aromatic carbocycles. The second-order valence-corrected chi connectivity index (χ2v) is 8.56. The highest BCUT2D eigenvalue weighted by molar-refractivity contribution is 5.97. The summed E-state index contributed by atoms with van der Waals surface area (Å²) in [5.41, 5.74) is 2.12. The molecule has 2 N–H and O–H groups in total. The molecular formula is C22H22N8O3. The van der Waals surface area contributed by atoms with E-state index in [9.17, 15) is 9.59 Å². The summed E-state index contributed by atoms with van der Waals surface area (Å²) in [7, 11) is 0. The third-order valence-electron chi connectivity index (χ3n) is 6.28. The molecule has 6 rings (SSSR count). The first-order valence-electron chi connectivity index (χ1n) is 11.0. The van der Waals surface area contributed by atoms with Gasteiger partial charge in [0.05, 0.1) is 25.1 Å². The Morgan fingerprint density at radius 1 is 1.24 bits per heavy atom. The van der Waals surface area contributed by atoms with E-state index in [0.717, 1.165) is 25.2 Å². The molecule has 2 aliphatic rings. The van der Waals surface area contributed by atoms with Gasteiger partial charge in [-0.25, -0.2) is 9.50 Å². The SMILES string of the molecule is C[C@@H]1C[C@@H]1C(=O)Nc1cc2c(-c3nc4ccc(N5CCOCC5)cn4n3)c[nH]c(=O)c2nn1. The first-order valence-corrected chi connectivity index (χ1v) is 11.0. The zero-order chi connectivity index (χ0) is 22.5. The van der Waals surface area contributed by atoms with Crippen LogP contribution in [0.1, 0.15) is 13.3 Å². The van der Waals surface area contributed by atoms with Crippen LogP contribution >= 0.6 is 0 Å². The van der Waals surface area contributed by atoms with E-state index in [1.807, 2.05) is 25.3 Å². The Labute approximate surface area is 187 Å². The monoisotopic (exact) mass is 446 g/mol. The standard InChI is InChI=1S/C22H22N8O3/c1-12-8-14(12)21(31)24-17-9-15-16(10-23-22(32)19(15)27-26-17)20-25-18-3-2-13(11-30(18)28-20)29-4-6-33-7-5-29/h2-3,9-12,14H,4-8H2,1H3,(H,23,32)(H,24,26,31)/t12-,14+/m1/s1.